The first-order chi connectivity index (χ1) is 8.78. The highest BCUT2D eigenvalue weighted by Crippen LogP contribution is 2.38. The fourth-order valence-corrected chi connectivity index (χ4v) is 2.96. The van der Waals surface area contributed by atoms with E-state index in [4.69, 9.17) is 4.74 Å². The molecule has 0 aliphatic carbocycles. The van der Waals surface area contributed by atoms with Crippen LogP contribution < -0.4 is 5.32 Å². The van der Waals surface area contributed by atoms with Crippen LogP contribution in [0.15, 0.2) is 6.33 Å². The van der Waals surface area contributed by atoms with Crippen LogP contribution in [0.5, 0.6) is 0 Å². The van der Waals surface area contributed by atoms with Crippen LogP contribution in [0.2, 0.25) is 0 Å². The Morgan fingerprint density at radius 1 is 1.44 bits per heavy atom. The molecule has 0 aromatic carbocycles. The first-order valence-electron chi connectivity index (χ1n) is 6.66. The van der Waals surface area contributed by atoms with Crippen molar-refractivity contribution in [1.82, 2.24) is 9.97 Å². The normalized spacial score (nSPS) is 29.8. The molecule has 1 N–H and O–H groups in total. The number of halogens is 1. The van der Waals surface area contributed by atoms with Gasteiger partial charge >= 0.3 is 0 Å². The molecule has 0 saturated carbocycles. The molecule has 3 unspecified atom stereocenters. The second-order valence-electron chi connectivity index (χ2n) is 5.09. The van der Waals surface area contributed by atoms with E-state index in [1.807, 2.05) is 6.92 Å². The van der Waals surface area contributed by atoms with Crippen molar-refractivity contribution < 1.29 is 9.13 Å². The molecule has 0 radical (unpaired) electrons. The van der Waals surface area contributed by atoms with Gasteiger partial charge in [0.05, 0.1) is 17.9 Å². The monoisotopic (exact) mass is 251 g/mol. The zero-order valence-corrected chi connectivity index (χ0v) is 10.5. The van der Waals surface area contributed by atoms with E-state index in [1.165, 1.54) is 12.7 Å². The van der Waals surface area contributed by atoms with Crippen molar-refractivity contribution in [2.24, 2.45) is 5.92 Å². The summed E-state index contributed by atoms with van der Waals surface area (Å²) in [7, 11) is 0. The van der Waals surface area contributed by atoms with Crippen molar-refractivity contribution in [3.8, 4) is 0 Å². The molecule has 4 nitrogen and oxygen atoms in total. The Balaban J connectivity index is 1.63. The fraction of sp³-hybridized carbons (Fsp3) is 0.692. The molecule has 3 heterocycles. The zero-order chi connectivity index (χ0) is 12.5. The summed E-state index contributed by atoms with van der Waals surface area (Å²) in [6, 6.07) is 0. The van der Waals surface area contributed by atoms with Crippen LogP contribution in [0.4, 0.5) is 10.2 Å². The molecule has 18 heavy (non-hydrogen) atoms. The van der Waals surface area contributed by atoms with E-state index in [1.54, 1.807) is 0 Å². The molecule has 2 aliphatic rings. The Morgan fingerprint density at radius 2 is 2.33 bits per heavy atom. The van der Waals surface area contributed by atoms with E-state index >= 15 is 0 Å². The van der Waals surface area contributed by atoms with Crippen molar-refractivity contribution in [2.75, 3.05) is 11.9 Å². The van der Waals surface area contributed by atoms with Gasteiger partial charge in [0.1, 0.15) is 6.33 Å². The molecule has 2 saturated heterocycles. The maximum absolute atomic E-state index is 13.9. The molecule has 5 heteroatoms. The highest BCUT2D eigenvalue weighted by atomic mass is 19.1. The first kappa shape index (κ1) is 11.8. The van der Waals surface area contributed by atoms with Crippen molar-refractivity contribution in [3.05, 3.63) is 17.8 Å². The summed E-state index contributed by atoms with van der Waals surface area (Å²) >= 11 is 0. The Morgan fingerprint density at radius 3 is 3.00 bits per heavy atom. The predicted octanol–water partition coefficient (Wildman–Crippen LogP) is 2.16. The number of fused-ring (bicyclic) bond motifs is 2. The van der Waals surface area contributed by atoms with Crippen LogP contribution >= 0.6 is 0 Å². The predicted molar refractivity (Wildman–Crippen MR) is 65.9 cm³/mol. The number of nitrogens with one attached hydrogen (secondary N) is 1. The average Bonchev–Trinajstić information content (AvgIpc) is 3.00. The molecule has 2 fully saturated rings. The summed E-state index contributed by atoms with van der Waals surface area (Å²) in [5.74, 6) is 0.497. The van der Waals surface area contributed by atoms with E-state index in [9.17, 15) is 4.39 Å². The van der Waals surface area contributed by atoms with Crippen LogP contribution in [0, 0.1) is 11.7 Å². The minimum absolute atomic E-state index is 0.316. The average molecular weight is 251 g/mol. The van der Waals surface area contributed by atoms with E-state index in [0.717, 1.165) is 19.4 Å². The minimum Gasteiger partial charge on any atom is -0.375 e. The van der Waals surface area contributed by atoms with Crippen LogP contribution in [-0.2, 0) is 11.2 Å². The van der Waals surface area contributed by atoms with E-state index < -0.39 is 0 Å². The molecule has 1 aromatic heterocycles. The molecule has 0 amide bonds. The summed E-state index contributed by atoms with van der Waals surface area (Å²) in [6.45, 7) is 2.62. The van der Waals surface area contributed by atoms with Crippen molar-refractivity contribution in [2.45, 2.75) is 44.8 Å². The summed E-state index contributed by atoms with van der Waals surface area (Å²) in [5.41, 5.74) is 0.469. The lowest BCUT2D eigenvalue weighted by atomic mass is 9.89. The van der Waals surface area contributed by atoms with Gasteiger partial charge < -0.3 is 10.1 Å². The fourth-order valence-electron chi connectivity index (χ4n) is 2.96. The SMILES string of the molecule is CCc1ncnc(NCC2CC3CCC2O3)c1F. The van der Waals surface area contributed by atoms with E-state index in [0.29, 0.717) is 36.1 Å². The van der Waals surface area contributed by atoms with Gasteiger partial charge in [-0.3, -0.25) is 0 Å². The van der Waals surface area contributed by atoms with Crippen LogP contribution in [0.1, 0.15) is 31.9 Å². The number of rotatable bonds is 4. The zero-order valence-electron chi connectivity index (χ0n) is 10.5. The number of ether oxygens (including phenoxy) is 1. The molecular formula is C13H18FN3O. The topological polar surface area (TPSA) is 47.0 Å². The molecule has 3 atom stereocenters. The van der Waals surface area contributed by atoms with Crippen molar-refractivity contribution >= 4 is 5.82 Å². The van der Waals surface area contributed by atoms with Crippen LogP contribution in [0.3, 0.4) is 0 Å². The molecular weight excluding hydrogens is 233 g/mol. The lowest BCUT2D eigenvalue weighted by Crippen LogP contribution is -2.25. The number of anilines is 1. The smallest absolute Gasteiger partial charge is 0.186 e. The third-order valence-electron chi connectivity index (χ3n) is 3.96. The Hall–Kier alpha value is -1.23. The second-order valence-corrected chi connectivity index (χ2v) is 5.09. The van der Waals surface area contributed by atoms with E-state index in [-0.39, 0.29) is 5.82 Å². The maximum Gasteiger partial charge on any atom is 0.186 e. The minimum atomic E-state index is -0.316. The van der Waals surface area contributed by atoms with Gasteiger partial charge in [-0.25, -0.2) is 14.4 Å². The lowest BCUT2D eigenvalue weighted by Gasteiger charge is -2.19. The van der Waals surface area contributed by atoms with Crippen LogP contribution in [0.25, 0.3) is 0 Å². The third-order valence-corrected chi connectivity index (χ3v) is 3.96. The summed E-state index contributed by atoms with van der Waals surface area (Å²) < 4.78 is 19.7. The number of nitrogens with zero attached hydrogens (tertiary/aromatic N) is 2. The van der Waals surface area contributed by atoms with Crippen molar-refractivity contribution in [1.29, 1.82) is 0 Å². The summed E-state index contributed by atoms with van der Waals surface area (Å²) in [5, 5.41) is 3.11. The molecule has 98 valence electrons. The Kier molecular flexibility index (Phi) is 3.16. The molecule has 2 bridgehead atoms. The largest absolute Gasteiger partial charge is 0.375 e. The van der Waals surface area contributed by atoms with Crippen LogP contribution in [-0.4, -0.2) is 28.7 Å². The molecule has 1 aromatic rings. The molecule has 3 rings (SSSR count). The standard InChI is InChI=1S/C13H18FN3O/c1-2-10-12(14)13(17-7-16-10)15-6-8-5-9-3-4-11(8)18-9/h7-9,11H,2-6H2,1H3,(H,15,16,17). The van der Waals surface area contributed by atoms with Gasteiger partial charge in [0.2, 0.25) is 0 Å². The van der Waals surface area contributed by atoms with E-state index in [2.05, 4.69) is 15.3 Å². The van der Waals surface area contributed by atoms with Gasteiger partial charge in [0.15, 0.2) is 11.6 Å². The summed E-state index contributed by atoms with van der Waals surface area (Å²) in [4.78, 5) is 7.90. The second kappa shape index (κ2) is 4.80. The maximum atomic E-state index is 13.9. The van der Waals surface area contributed by atoms with Crippen molar-refractivity contribution in [3.63, 3.8) is 0 Å². The quantitative estimate of drug-likeness (QED) is 0.890. The van der Waals surface area contributed by atoms with Gasteiger partial charge in [0, 0.05) is 12.5 Å². The van der Waals surface area contributed by atoms with Gasteiger partial charge in [0.25, 0.3) is 0 Å². The highest BCUT2D eigenvalue weighted by Gasteiger charge is 2.40. The summed E-state index contributed by atoms with van der Waals surface area (Å²) in [6.07, 6.45) is 6.21. The van der Waals surface area contributed by atoms with Gasteiger partial charge in [-0.05, 0) is 25.7 Å². The number of aromatic nitrogens is 2. The van der Waals surface area contributed by atoms with Gasteiger partial charge in [-0.1, -0.05) is 6.92 Å². The first-order valence-corrected chi connectivity index (χ1v) is 6.66. The van der Waals surface area contributed by atoms with Gasteiger partial charge in [-0.2, -0.15) is 0 Å². The number of hydrogen-bond acceptors (Lipinski definition) is 4. The lowest BCUT2D eigenvalue weighted by molar-refractivity contribution is 0.0941. The highest BCUT2D eigenvalue weighted by molar-refractivity contribution is 5.37. The Bertz CT molecular complexity index is 440. The third kappa shape index (κ3) is 2.07. The number of aryl methyl sites for hydroxylation is 1. The molecule has 2 aliphatic heterocycles. The molecule has 0 spiro atoms. The number of hydrogen-bond donors (Lipinski definition) is 1. The Labute approximate surface area is 106 Å². The van der Waals surface area contributed by atoms with Gasteiger partial charge in [-0.15, -0.1) is 0 Å².